The largest absolute Gasteiger partial charge is 0.493 e. The third-order valence-electron chi connectivity index (χ3n) is 3.30. The molecular formula is C15H19N3O5S. The van der Waals surface area contributed by atoms with Gasteiger partial charge in [-0.3, -0.25) is 9.89 Å². The molecule has 2 aromatic rings. The average Bonchev–Trinajstić information content (AvgIpc) is 3.06. The highest BCUT2D eigenvalue weighted by atomic mass is 32.2. The monoisotopic (exact) mass is 353 g/mol. The summed E-state index contributed by atoms with van der Waals surface area (Å²) in [5, 5.41) is 15.8. The summed E-state index contributed by atoms with van der Waals surface area (Å²) in [6, 6.07) is 3.48. The van der Waals surface area contributed by atoms with E-state index in [0.29, 0.717) is 40.2 Å². The van der Waals surface area contributed by atoms with E-state index in [0.717, 1.165) is 11.8 Å². The number of hydrogen-bond acceptors (Lipinski definition) is 7. The number of aliphatic carboxylic acids is 1. The van der Waals surface area contributed by atoms with Gasteiger partial charge < -0.3 is 19.3 Å². The third-order valence-corrected chi connectivity index (χ3v) is 4.51. The van der Waals surface area contributed by atoms with Crippen LogP contribution in [0.2, 0.25) is 0 Å². The highest BCUT2D eigenvalue weighted by molar-refractivity contribution is 8.00. The second-order valence-electron chi connectivity index (χ2n) is 4.73. The normalized spacial score (nSPS) is 11.8. The van der Waals surface area contributed by atoms with Crippen LogP contribution in [0.5, 0.6) is 17.2 Å². The van der Waals surface area contributed by atoms with Crippen molar-refractivity contribution in [3.63, 3.8) is 0 Å². The van der Waals surface area contributed by atoms with Crippen LogP contribution < -0.4 is 14.2 Å². The summed E-state index contributed by atoms with van der Waals surface area (Å²) < 4.78 is 15.9. The van der Waals surface area contributed by atoms with Crippen LogP contribution in [0.1, 0.15) is 13.3 Å². The molecule has 8 nitrogen and oxygen atoms in total. The zero-order chi connectivity index (χ0) is 17.7. The van der Waals surface area contributed by atoms with Gasteiger partial charge in [-0.2, -0.15) is 0 Å². The van der Waals surface area contributed by atoms with Crippen LogP contribution in [0.15, 0.2) is 17.3 Å². The summed E-state index contributed by atoms with van der Waals surface area (Å²) in [6.07, 6.45) is 0.480. The van der Waals surface area contributed by atoms with Crippen molar-refractivity contribution in [2.45, 2.75) is 23.8 Å². The summed E-state index contributed by atoms with van der Waals surface area (Å²) in [5.74, 6) is 1.07. The molecule has 1 atom stereocenters. The van der Waals surface area contributed by atoms with Gasteiger partial charge in [-0.1, -0.05) is 18.7 Å². The molecule has 130 valence electrons. The van der Waals surface area contributed by atoms with Gasteiger partial charge in [-0.15, -0.1) is 5.10 Å². The maximum atomic E-state index is 11.1. The van der Waals surface area contributed by atoms with E-state index in [1.807, 2.05) is 0 Å². The molecule has 0 saturated carbocycles. The summed E-state index contributed by atoms with van der Waals surface area (Å²) in [4.78, 5) is 15.5. The van der Waals surface area contributed by atoms with Gasteiger partial charge in [0.05, 0.1) is 21.3 Å². The lowest BCUT2D eigenvalue weighted by molar-refractivity contribution is -0.136. The van der Waals surface area contributed by atoms with Crippen LogP contribution in [-0.2, 0) is 4.79 Å². The molecule has 2 rings (SSSR count). The number of aromatic amines is 1. The molecule has 1 aromatic heterocycles. The summed E-state index contributed by atoms with van der Waals surface area (Å²) in [7, 11) is 4.59. The van der Waals surface area contributed by atoms with Gasteiger partial charge in [-0.25, -0.2) is 4.98 Å². The van der Waals surface area contributed by atoms with E-state index in [9.17, 15) is 4.79 Å². The lowest BCUT2D eigenvalue weighted by atomic mass is 10.1. The van der Waals surface area contributed by atoms with Gasteiger partial charge >= 0.3 is 5.97 Å². The van der Waals surface area contributed by atoms with E-state index in [1.165, 1.54) is 21.3 Å². The van der Waals surface area contributed by atoms with Crippen LogP contribution in [0, 0.1) is 0 Å². The van der Waals surface area contributed by atoms with Crippen LogP contribution >= 0.6 is 11.8 Å². The first kappa shape index (κ1) is 17.9. The van der Waals surface area contributed by atoms with E-state index in [-0.39, 0.29) is 0 Å². The van der Waals surface area contributed by atoms with Gasteiger partial charge in [0.1, 0.15) is 5.25 Å². The molecule has 0 aliphatic heterocycles. The molecular weight excluding hydrogens is 334 g/mol. The molecule has 2 N–H and O–H groups in total. The van der Waals surface area contributed by atoms with Crippen LogP contribution in [0.4, 0.5) is 0 Å². The highest BCUT2D eigenvalue weighted by Gasteiger charge is 2.20. The van der Waals surface area contributed by atoms with E-state index < -0.39 is 11.2 Å². The minimum Gasteiger partial charge on any atom is -0.493 e. The summed E-state index contributed by atoms with van der Waals surface area (Å²) in [6.45, 7) is 1.80. The molecule has 0 aliphatic carbocycles. The first-order valence-corrected chi connectivity index (χ1v) is 8.04. The number of hydrogen-bond donors (Lipinski definition) is 2. The molecule has 1 aromatic carbocycles. The minimum atomic E-state index is -0.887. The Kier molecular flexibility index (Phi) is 5.91. The van der Waals surface area contributed by atoms with Gasteiger partial charge in [-0.05, 0) is 18.6 Å². The Balaban J connectivity index is 2.34. The third kappa shape index (κ3) is 3.73. The van der Waals surface area contributed by atoms with E-state index >= 15 is 0 Å². The number of carboxylic acids is 1. The van der Waals surface area contributed by atoms with Crippen molar-refractivity contribution >= 4 is 17.7 Å². The van der Waals surface area contributed by atoms with Crippen molar-refractivity contribution in [3.8, 4) is 28.6 Å². The van der Waals surface area contributed by atoms with Crippen molar-refractivity contribution in [2.75, 3.05) is 21.3 Å². The first-order chi connectivity index (χ1) is 11.5. The van der Waals surface area contributed by atoms with E-state index in [2.05, 4.69) is 15.2 Å². The molecule has 1 unspecified atom stereocenters. The number of rotatable bonds is 8. The minimum absolute atomic E-state index is 0.369. The Labute approximate surface area is 143 Å². The van der Waals surface area contributed by atoms with Crippen molar-refractivity contribution in [1.82, 2.24) is 15.2 Å². The molecule has 0 fully saturated rings. The van der Waals surface area contributed by atoms with Gasteiger partial charge in [0.25, 0.3) is 0 Å². The molecule has 0 saturated heterocycles. The van der Waals surface area contributed by atoms with Crippen molar-refractivity contribution in [2.24, 2.45) is 0 Å². The number of ether oxygens (including phenoxy) is 3. The molecule has 1 heterocycles. The first-order valence-electron chi connectivity index (χ1n) is 7.16. The number of methoxy groups -OCH3 is 3. The predicted molar refractivity (Wildman–Crippen MR) is 89.0 cm³/mol. The maximum Gasteiger partial charge on any atom is 0.317 e. The highest BCUT2D eigenvalue weighted by Crippen LogP contribution is 2.40. The summed E-state index contributed by atoms with van der Waals surface area (Å²) in [5.41, 5.74) is 0.687. The topological polar surface area (TPSA) is 107 Å². The summed E-state index contributed by atoms with van der Waals surface area (Å²) >= 11 is 1.10. The second-order valence-corrected chi connectivity index (χ2v) is 5.90. The molecule has 0 radical (unpaired) electrons. The predicted octanol–water partition coefficient (Wildman–Crippen LogP) is 2.45. The number of H-pyrrole nitrogens is 1. The van der Waals surface area contributed by atoms with Gasteiger partial charge in [0.15, 0.2) is 17.3 Å². The number of aromatic nitrogens is 3. The zero-order valence-electron chi connectivity index (χ0n) is 13.8. The molecule has 24 heavy (non-hydrogen) atoms. The molecule has 0 spiro atoms. The van der Waals surface area contributed by atoms with E-state index in [4.69, 9.17) is 19.3 Å². The fourth-order valence-corrected chi connectivity index (χ4v) is 2.85. The quantitative estimate of drug-likeness (QED) is 0.697. The molecule has 9 heteroatoms. The number of nitrogens with one attached hydrogen (secondary N) is 1. The van der Waals surface area contributed by atoms with E-state index in [1.54, 1.807) is 19.1 Å². The van der Waals surface area contributed by atoms with Crippen molar-refractivity contribution in [1.29, 1.82) is 0 Å². The second kappa shape index (κ2) is 7.91. The number of carboxylic acid groups (broad SMARTS) is 1. The Morgan fingerprint density at radius 2 is 1.88 bits per heavy atom. The number of nitrogens with zero attached hydrogens (tertiary/aromatic N) is 2. The molecule has 0 bridgehead atoms. The maximum absolute atomic E-state index is 11.1. The lowest BCUT2D eigenvalue weighted by Crippen LogP contribution is -2.14. The standard InChI is InChI=1S/C15H19N3O5S/c1-5-11(14(19)20)24-15-16-13(17-18-15)8-6-9(21-2)12(23-4)10(7-8)22-3/h6-7,11H,5H2,1-4H3,(H,19,20)(H,16,17,18). The Hall–Kier alpha value is -2.42. The molecule has 0 aliphatic rings. The van der Waals surface area contributed by atoms with Crippen LogP contribution in [-0.4, -0.2) is 52.8 Å². The fraction of sp³-hybridized carbons (Fsp3) is 0.400. The Bertz CT molecular complexity index is 694. The lowest BCUT2D eigenvalue weighted by Gasteiger charge is -2.13. The smallest absolute Gasteiger partial charge is 0.317 e. The number of thioether (sulfide) groups is 1. The fourth-order valence-electron chi connectivity index (χ4n) is 2.08. The average molecular weight is 353 g/mol. The van der Waals surface area contributed by atoms with Crippen LogP contribution in [0.3, 0.4) is 0 Å². The van der Waals surface area contributed by atoms with Gasteiger partial charge in [0, 0.05) is 5.56 Å². The number of carbonyl (C=O) groups is 1. The Morgan fingerprint density at radius 1 is 1.25 bits per heavy atom. The Morgan fingerprint density at radius 3 is 2.33 bits per heavy atom. The SMILES string of the molecule is CCC(Sc1n[nH]c(-c2cc(OC)c(OC)c(OC)c2)n1)C(=O)O. The van der Waals surface area contributed by atoms with Crippen molar-refractivity contribution in [3.05, 3.63) is 12.1 Å². The molecule has 0 amide bonds. The van der Waals surface area contributed by atoms with Crippen LogP contribution in [0.25, 0.3) is 11.4 Å². The number of benzene rings is 1. The zero-order valence-corrected chi connectivity index (χ0v) is 14.6. The van der Waals surface area contributed by atoms with Gasteiger partial charge in [0.2, 0.25) is 10.9 Å². The van der Waals surface area contributed by atoms with Crippen molar-refractivity contribution < 1.29 is 24.1 Å².